The Hall–Kier alpha value is -2.15. The van der Waals surface area contributed by atoms with Crippen LogP contribution in [0.5, 0.6) is 0 Å². The molecule has 1 fully saturated rings. The number of carbonyl (C=O) groups is 1. The second kappa shape index (κ2) is 9.22. The summed E-state index contributed by atoms with van der Waals surface area (Å²) in [6, 6.07) is 3.58. The van der Waals surface area contributed by atoms with E-state index in [0.717, 1.165) is 19.6 Å². The molecular formula is C17H27N5O2. The summed E-state index contributed by atoms with van der Waals surface area (Å²) in [5.41, 5.74) is 0.978. The summed E-state index contributed by atoms with van der Waals surface area (Å²) >= 11 is 0. The summed E-state index contributed by atoms with van der Waals surface area (Å²) in [6.07, 6.45) is 8.02. The van der Waals surface area contributed by atoms with Gasteiger partial charge in [-0.05, 0) is 36.8 Å². The fraction of sp³-hybridized carbons (Fsp3) is 0.588. The van der Waals surface area contributed by atoms with Crippen molar-refractivity contribution in [2.45, 2.75) is 25.7 Å². The molecule has 0 radical (unpaired) electrons. The van der Waals surface area contributed by atoms with E-state index in [4.69, 9.17) is 4.74 Å². The maximum Gasteiger partial charge on any atom is 0.243 e. The van der Waals surface area contributed by atoms with Crippen LogP contribution in [0.25, 0.3) is 0 Å². The van der Waals surface area contributed by atoms with Crippen molar-refractivity contribution < 1.29 is 9.53 Å². The van der Waals surface area contributed by atoms with Crippen LogP contribution in [0.3, 0.4) is 0 Å². The van der Waals surface area contributed by atoms with E-state index in [1.807, 2.05) is 0 Å². The van der Waals surface area contributed by atoms with Crippen molar-refractivity contribution in [3.05, 3.63) is 24.5 Å². The standard InChI is InChI=1S/C17H27N5O2/c1-18-16(21-13-17(6-4-7-17)8-10-24-2)20-12-15(23)22-14-5-3-9-19-11-14/h3,5,9,11H,4,6-8,10,12-13H2,1-2H3,(H,22,23)(H2,18,20,21). The predicted molar refractivity (Wildman–Crippen MR) is 95.0 cm³/mol. The molecule has 1 saturated carbocycles. The second-order valence-electron chi connectivity index (χ2n) is 6.17. The minimum absolute atomic E-state index is 0.135. The van der Waals surface area contributed by atoms with Crippen molar-refractivity contribution in [1.29, 1.82) is 0 Å². The number of ether oxygens (including phenoxy) is 1. The van der Waals surface area contributed by atoms with Gasteiger partial charge in [-0.1, -0.05) is 6.42 Å². The van der Waals surface area contributed by atoms with Crippen LogP contribution >= 0.6 is 0 Å². The van der Waals surface area contributed by atoms with Crippen LogP contribution in [0.15, 0.2) is 29.5 Å². The molecule has 2 rings (SSSR count). The Bertz CT molecular complexity index is 543. The quantitative estimate of drug-likeness (QED) is 0.494. The van der Waals surface area contributed by atoms with Gasteiger partial charge in [0.15, 0.2) is 5.96 Å². The summed E-state index contributed by atoms with van der Waals surface area (Å²) in [7, 11) is 3.44. The van der Waals surface area contributed by atoms with Crippen molar-refractivity contribution in [1.82, 2.24) is 15.6 Å². The fourth-order valence-corrected chi connectivity index (χ4v) is 2.81. The Morgan fingerprint density at radius 2 is 2.25 bits per heavy atom. The molecule has 0 aromatic carbocycles. The van der Waals surface area contributed by atoms with E-state index in [0.29, 0.717) is 17.1 Å². The molecule has 0 atom stereocenters. The first-order valence-corrected chi connectivity index (χ1v) is 8.31. The van der Waals surface area contributed by atoms with Crippen molar-refractivity contribution in [3.63, 3.8) is 0 Å². The largest absolute Gasteiger partial charge is 0.385 e. The first kappa shape index (κ1) is 18.2. The Morgan fingerprint density at radius 1 is 1.42 bits per heavy atom. The molecule has 0 saturated heterocycles. The molecule has 1 aromatic heterocycles. The van der Waals surface area contributed by atoms with Crippen molar-refractivity contribution in [2.24, 2.45) is 10.4 Å². The van der Waals surface area contributed by atoms with Crippen LogP contribution in [-0.4, -0.2) is 50.7 Å². The Balaban J connectivity index is 1.73. The Morgan fingerprint density at radius 3 is 2.83 bits per heavy atom. The third kappa shape index (κ3) is 5.49. The summed E-state index contributed by atoms with van der Waals surface area (Å²) in [4.78, 5) is 20.1. The lowest BCUT2D eigenvalue weighted by molar-refractivity contribution is -0.115. The molecule has 7 heteroatoms. The van der Waals surface area contributed by atoms with Gasteiger partial charge in [0.05, 0.1) is 18.4 Å². The van der Waals surface area contributed by atoms with Gasteiger partial charge in [0, 0.05) is 33.5 Å². The van der Waals surface area contributed by atoms with Gasteiger partial charge in [-0.25, -0.2) is 0 Å². The molecular weight excluding hydrogens is 306 g/mol. The van der Waals surface area contributed by atoms with Crippen LogP contribution in [0.1, 0.15) is 25.7 Å². The average Bonchev–Trinajstić information content (AvgIpc) is 2.57. The van der Waals surface area contributed by atoms with Crippen LogP contribution in [0.2, 0.25) is 0 Å². The van der Waals surface area contributed by atoms with Crippen LogP contribution in [0.4, 0.5) is 5.69 Å². The van der Waals surface area contributed by atoms with E-state index < -0.39 is 0 Å². The number of hydrogen-bond acceptors (Lipinski definition) is 4. The van der Waals surface area contributed by atoms with Crippen molar-refractivity contribution in [2.75, 3.05) is 39.2 Å². The first-order valence-electron chi connectivity index (χ1n) is 8.31. The predicted octanol–water partition coefficient (Wildman–Crippen LogP) is 1.39. The summed E-state index contributed by atoms with van der Waals surface area (Å²) in [5, 5.41) is 9.15. The van der Waals surface area contributed by atoms with E-state index in [-0.39, 0.29) is 12.5 Å². The van der Waals surface area contributed by atoms with Gasteiger partial charge < -0.3 is 20.7 Å². The monoisotopic (exact) mass is 333 g/mol. The number of nitrogens with zero attached hydrogens (tertiary/aromatic N) is 2. The smallest absolute Gasteiger partial charge is 0.243 e. The van der Waals surface area contributed by atoms with Gasteiger partial charge >= 0.3 is 0 Å². The average molecular weight is 333 g/mol. The van der Waals surface area contributed by atoms with Crippen molar-refractivity contribution in [3.8, 4) is 0 Å². The zero-order chi connectivity index (χ0) is 17.3. The lowest BCUT2D eigenvalue weighted by Gasteiger charge is -2.42. The summed E-state index contributed by atoms with van der Waals surface area (Å²) in [6.45, 7) is 1.78. The third-order valence-corrected chi connectivity index (χ3v) is 4.47. The molecule has 0 bridgehead atoms. The molecule has 0 unspecified atom stereocenters. The van der Waals surface area contributed by atoms with Gasteiger partial charge in [0.2, 0.25) is 5.91 Å². The Kier molecular flexibility index (Phi) is 6.99. The number of pyridine rings is 1. The van der Waals surface area contributed by atoms with Crippen LogP contribution in [-0.2, 0) is 9.53 Å². The molecule has 3 N–H and O–H groups in total. The van der Waals surface area contributed by atoms with E-state index in [2.05, 4.69) is 25.9 Å². The summed E-state index contributed by atoms with van der Waals surface area (Å²) < 4.78 is 5.21. The minimum Gasteiger partial charge on any atom is -0.385 e. The Labute approximate surface area is 143 Å². The molecule has 24 heavy (non-hydrogen) atoms. The molecule has 1 amide bonds. The van der Waals surface area contributed by atoms with Gasteiger partial charge in [-0.2, -0.15) is 0 Å². The fourth-order valence-electron chi connectivity index (χ4n) is 2.81. The molecule has 1 aliphatic carbocycles. The number of guanidine groups is 1. The minimum atomic E-state index is -0.135. The lowest BCUT2D eigenvalue weighted by Crippen LogP contribution is -2.48. The number of carbonyl (C=O) groups excluding carboxylic acids is 1. The van der Waals surface area contributed by atoms with Crippen molar-refractivity contribution >= 4 is 17.6 Å². The van der Waals surface area contributed by atoms with E-state index in [1.165, 1.54) is 19.3 Å². The maximum atomic E-state index is 11.9. The van der Waals surface area contributed by atoms with E-state index >= 15 is 0 Å². The molecule has 132 valence electrons. The first-order chi connectivity index (χ1) is 11.7. The molecule has 7 nitrogen and oxygen atoms in total. The van der Waals surface area contributed by atoms with Gasteiger partial charge in [-0.15, -0.1) is 0 Å². The number of hydrogen-bond donors (Lipinski definition) is 3. The zero-order valence-corrected chi connectivity index (χ0v) is 14.5. The number of amides is 1. The number of aromatic nitrogens is 1. The number of anilines is 1. The second-order valence-corrected chi connectivity index (χ2v) is 6.17. The van der Waals surface area contributed by atoms with Gasteiger partial charge in [0.25, 0.3) is 0 Å². The van der Waals surface area contributed by atoms with Gasteiger partial charge in [0.1, 0.15) is 0 Å². The van der Waals surface area contributed by atoms with Crippen LogP contribution in [0, 0.1) is 5.41 Å². The highest BCUT2D eigenvalue weighted by molar-refractivity contribution is 5.94. The number of nitrogens with one attached hydrogen (secondary N) is 3. The molecule has 0 spiro atoms. The lowest BCUT2D eigenvalue weighted by atomic mass is 9.67. The normalized spacial score (nSPS) is 16.2. The maximum absolute atomic E-state index is 11.9. The van der Waals surface area contributed by atoms with Gasteiger partial charge in [-0.3, -0.25) is 14.8 Å². The molecule has 1 aromatic rings. The van der Waals surface area contributed by atoms with E-state index in [1.54, 1.807) is 38.7 Å². The zero-order valence-electron chi connectivity index (χ0n) is 14.5. The van der Waals surface area contributed by atoms with Crippen LogP contribution < -0.4 is 16.0 Å². The molecule has 1 aliphatic rings. The molecule has 1 heterocycles. The number of aliphatic imine (C=N–C) groups is 1. The third-order valence-electron chi connectivity index (χ3n) is 4.47. The summed E-state index contributed by atoms with van der Waals surface area (Å²) in [5.74, 6) is 0.503. The number of rotatable bonds is 8. The number of methoxy groups -OCH3 is 1. The highest BCUT2D eigenvalue weighted by Gasteiger charge is 2.36. The topological polar surface area (TPSA) is 87.6 Å². The highest BCUT2D eigenvalue weighted by Crippen LogP contribution is 2.43. The SMILES string of the molecule is CN=C(NCC(=O)Nc1cccnc1)NCC1(CCOC)CCC1. The van der Waals surface area contributed by atoms with E-state index in [9.17, 15) is 4.79 Å². The molecule has 0 aliphatic heterocycles. The highest BCUT2D eigenvalue weighted by atomic mass is 16.5.